The third-order valence-electron chi connectivity index (χ3n) is 2.45. The number of carbonyl (C=O) groups is 1. The lowest BCUT2D eigenvalue weighted by molar-refractivity contribution is 0.0952. The third kappa shape index (κ3) is 3.18. The van der Waals surface area contributed by atoms with E-state index in [4.69, 9.17) is 10.9 Å². The molecule has 1 amide bonds. The maximum Gasteiger partial charge on any atom is 0.255 e. The van der Waals surface area contributed by atoms with Crippen molar-refractivity contribution < 1.29 is 10.0 Å². The molecule has 1 heterocycles. The van der Waals surface area contributed by atoms with E-state index in [1.165, 1.54) is 11.8 Å². The van der Waals surface area contributed by atoms with Gasteiger partial charge in [0.05, 0.1) is 11.3 Å². The first-order valence-corrected chi connectivity index (χ1v) is 7.26. The van der Waals surface area contributed by atoms with Gasteiger partial charge in [0, 0.05) is 9.26 Å². The van der Waals surface area contributed by atoms with Crippen molar-refractivity contribution in [3.8, 4) is 0 Å². The Morgan fingerprint density at radius 2 is 2.37 bits per heavy atom. The van der Waals surface area contributed by atoms with Crippen molar-refractivity contribution >= 4 is 56.7 Å². The van der Waals surface area contributed by atoms with Crippen molar-refractivity contribution in [2.75, 3.05) is 5.73 Å². The number of nitrogens with zero attached hydrogens (tertiary/aromatic N) is 2. The molecule has 1 aliphatic heterocycles. The molecule has 1 aliphatic rings. The molecular weight excluding hydrogens is 379 g/mol. The molecule has 0 radical (unpaired) electrons. The smallest absolute Gasteiger partial charge is 0.255 e. The molecule has 2 rings (SSSR count). The Kier molecular flexibility index (Phi) is 4.30. The number of amides is 1. The van der Waals surface area contributed by atoms with Crippen LogP contribution in [0.4, 0.5) is 5.69 Å². The SMILES string of the molecule is CC1=NC(NC(=O)c2ccc(I)cc2N)SC1=NO. The van der Waals surface area contributed by atoms with E-state index in [9.17, 15) is 4.79 Å². The summed E-state index contributed by atoms with van der Waals surface area (Å²) >= 11 is 3.30. The number of thioether (sulfide) groups is 1. The van der Waals surface area contributed by atoms with Crippen LogP contribution in [0.2, 0.25) is 0 Å². The van der Waals surface area contributed by atoms with Crippen molar-refractivity contribution in [2.45, 2.75) is 12.4 Å². The van der Waals surface area contributed by atoms with Gasteiger partial charge in [-0.25, -0.2) is 0 Å². The minimum Gasteiger partial charge on any atom is -0.410 e. The molecule has 0 saturated carbocycles. The number of halogens is 1. The normalized spacial score (nSPS) is 20.4. The van der Waals surface area contributed by atoms with Crippen molar-refractivity contribution in [1.29, 1.82) is 0 Å². The van der Waals surface area contributed by atoms with Crippen molar-refractivity contribution in [3.05, 3.63) is 27.3 Å². The summed E-state index contributed by atoms with van der Waals surface area (Å²) in [6.45, 7) is 1.72. The third-order valence-corrected chi connectivity index (χ3v) is 4.17. The number of nitrogen functional groups attached to an aromatic ring is 1. The zero-order valence-electron chi connectivity index (χ0n) is 9.92. The van der Waals surface area contributed by atoms with Gasteiger partial charge in [0.1, 0.15) is 0 Å². The Balaban J connectivity index is 2.11. The van der Waals surface area contributed by atoms with Crippen LogP contribution in [0.25, 0.3) is 0 Å². The Bertz CT molecular complexity index is 588. The van der Waals surface area contributed by atoms with Crippen LogP contribution in [0, 0.1) is 3.57 Å². The molecule has 8 heteroatoms. The van der Waals surface area contributed by atoms with Crippen LogP contribution >= 0.6 is 34.4 Å². The molecule has 6 nitrogen and oxygen atoms in total. The summed E-state index contributed by atoms with van der Waals surface area (Å²) in [5.74, 6) is -0.304. The minimum absolute atomic E-state index is 0.304. The van der Waals surface area contributed by atoms with Gasteiger partial charge in [-0.05, 0) is 47.7 Å². The topological polar surface area (TPSA) is 100 Å². The molecule has 100 valence electrons. The second-order valence-corrected chi connectivity index (χ2v) is 6.11. The second kappa shape index (κ2) is 5.78. The summed E-state index contributed by atoms with van der Waals surface area (Å²) in [7, 11) is 0. The van der Waals surface area contributed by atoms with Gasteiger partial charge in [-0.2, -0.15) is 0 Å². The standard InChI is InChI=1S/C11H11IN4O2S/c1-5-10(16-18)19-11(14-5)15-9(17)7-3-2-6(12)4-8(7)13/h2-4,11,18H,13H2,1H3,(H,15,17). The molecule has 0 fully saturated rings. The molecule has 0 saturated heterocycles. The van der Waals surface area contributed by atoms with Gasteiger partial charge >= 0.3 is 0 Å². The van der Waals surface area contributed by atoms with E-state index in [2.05, 4.69) is 38.1 Å². The predicted molar refractivity (Wildman–Crippen MR) is 84.7 cm³/mol. The first-order chi connectivity index (χ1) is 9.01. The first-order valence-electron chi connectivity index (χ1n) is 5.30. The number of aliphatic imine (C=N–C) groups is 1. The number of hydrogen-bond acceptors (Lipinski definition) is 6. The molecule has 0 aromatic heterocycles. The van der Waals surface area contributed by atoms with Gasteiger partial charge in [0.15, 0.2) is 10.5 Å². The monoisotopic (exact) mass is 390 g/mol. The maximum atomic E-state index is 12.1. The number of benzene rings is 1. The number of nitrogens with two attached hydrogens (primary N) is 1. The van der Waals surface area contributed by atoms with Crippen LogP contribution in [0.3, 0.4) is 0 Å². The summed E-state index contributed by atoms with van der Waals surface area (Å²) in [4.78, 5) is 16.2. The fourth-order valence-electron chi connectivity index (χ4n) is 1.54. The number of nitrogens with one attached hydrogen (secondary N) is 1. The lowest BCUT2D eigenvalue weighted by atomic mass is 10.2. The Morgan fingerprint density at radius 1 is 1.63 bits per heavy atom. The number of hydrogen-bond donors (Lipinski definition) is 3. The van der Waals surface area contributed by atoms with E-state index in [1.807, 2.05) is 6.07 Å². The maximum absolute atomic E-state index is 12.1. The van der Waals surface area contributed by atoms with E-state index < -0.39 is 5.50 Å². The molecule has 1 atom stereocenters. The Labute approximate surface area is 127 Å². The summed E-state index contributed by atoms with van der Waals surface area (Å²) in [5, 5.41) is 14.9. The highest BCUT2D eigenvalue weighted by molar-refractivity contribution is 14.1. The molecule has 19 heavy (non-hydrogen) atoms. The van der Waals surface area contributed by atoms with E-state index in [1.54, 1.807) is 19.1 Å². The molecule has 1 aromatic carbocycles. The van der Waals surface area contributed by atoms with Crippen molar-refractivity contribution in [3.63, 3.8) is 0 Å². The van der Waals surface area contributed by atoms with Crippen LogP contribution in [-0.2, 0) is 0 Å². The molecule has 0 bridgehead atoms. The van der Waals surface area contributed by atoms with Gasteiger partial charge in [-0.1, -0.05) is 16.9 Å². The van der Waals surface area contributed by atoms with Crippen molar-refractivity contribution in [1.82, 2.24) is 5.32 Å². The number of carbonyl (C=O) groups excluding carboxylic acids is 1. The average molecular weight is 390 g/mol. The molecule has 1 unspecified atom stereocenters. The highest BCUT2D eigenvalue weighted by Gasteiger charge is 2.25. The Hall–Kier alpha value is -1.29. The highest BCUT2D eigenvalue weighted by atomic mass is 127. The fourth-order valence-corrected chi connectivity index (χ4v) is 2.91. The van der Waals surface area contributed by atoms with Gasteiger partial charge in [0.2, 0.25) is 0 Å². The summed E-state index contributed by atoms with van der Waals surface area (Å²) in [5.41, 5.74) is 6.73. The predicted octanol–water partition coefficient (Wildman–Crippen LogP) is 1.88. The average Bonchev–Trinajstić information content (AvgIpc) is 2.69. The van der Waals surface area contributed by atoms with Crippen LogP contribution in [0.15, 0.2) is 28.3 Å². The lowest BCUT2D eigenvalue weighted by Crippen LogP contribution is -2.30. The highest BCUT2D eigenvalue weighted by Crippen LogP contribution is 2.22. The number of anilines is 1. The van der Waals surface area contributed by atoms with E-state index in [0.717, 1.165) is 3.57 Å². The zero-order valence-corrected chi connectivity index (χ0v) is 12.9. The minimum atomic E-state index is -0.489. The van der Waals surface area contributed by atoms with Crippen LogP contribution < -0.4 is 11.1 Å². The lowest BCUT2D eigenvalue weighted by Gasteiger charge is -2.10. The zero-order chi connectivity index (χ0) is 14.0. The molecular formula is C11H11IN4O2S. The largest absolute Gasteiger partial charge is 0.410 e. The van der Waals surface area contributed by atoms with Gasteiger partial charge in [-0.15, -0.1) is 0 Å². The summed E-state index contributed by atoms with van der Waals surface area (Å²) in [6, 6.07) is 5.21. The van der Waals surface area contributed by atoms with Crippen LogP contribution in [-0.4, -0.2) is 27.4 Å². The van der Waals surface area contributed by atoms with Gasteiger partial charge < -0.3 is 16.3 Å². The van der Waals surface area contributed by atoms with Gasteiger partial charge in [-0.3, -0.25) is 9.79 Å². The quantitative estimate of drug-likeness (QED) is 0.311. The number of rotatable bonds is 2. The van der Waals surface area contributed by atoms with E-state index >= 15 is 0 Å². The van der Waals surface area contributed by atoms with E-state index in [-0.39, 0.29) is 5.91 Å². The molecule has 4 N–H and O–H groups in total. The molecule has 1 aromatic rings. The summed E-state index contributed by atoms with van der Waals surface area (Å²) < 4.78 is 0.963. The van der Waals surface area contributed by atoms with Gasteiger partial charge in [0.25, 0.3) is 5.91 Å². The van der Waals surface area contributed by atoms with E-state index in [0.29, 0.717) is 22.0 Å². The molecule has 0 spiro atoms. The Morgan fingerprint density at radius 3 is 2.95 bits per heavy atom. The molecule has 0 aliphatic carbocycles. The van der Waals surface area contributed by atoms with Crippen LogP contribution in [0.1, 0.15) is 17.3 Å². The van der Waals surface area contributed by atoms with Crippen LogP contribution in [0.5, 0.6) is 0 Å². The van der Waals surface area contributed by atoms with Crippen molar-refractivity contribution in [2.24, 2.45) is 10.1 Å². The second-order valence-electron chi connectivity index (χ2n) is 3.79. The first kappa shape index (κ1) is 14.1. The fraction of sp³-hybridized carbons (Fsp3) is 0.182. The summed E-state index contributed by atoms with van der Waals surface area (Å²) in [6.07, 6.45) is 0. The number of oxime groups is 1.